The van der Waals surface area contributed by atoms with Gasteiger partial charge >= 0.3 is 11.9 Å². The zero-order valence-corrected chi connectivity index (χ0v) is 38.6. The lowest BCUT2D eigenvalue weighted by Gasteiger charge is -2.72. The number of aliphatic hydroxyl groups excluding tert-OH is 1. The molecular formula is C49H73ClN2O7. The molecule has 7 rings (SSSR count). The molecular weight excluding hydrogens is 764 g/mol. The predicted octanol–water partition coefficient (Wildman–Crippen LogP) is 9.36. The van der Waals surface area contributed by atoms with Crippen LogP contribution in [0.1, 0.15) is 138 Å². The van der Waals surface area contributed by atoms with E-state index >= 15 is 0 Å². The number of halogens is 1. The van der Waals surface area contributed by atoms with Crippen LogP contribution in [-0.4, -0.2) is 89.9 Å². The normalized spacial score (nSPS) is 38.1. The molecule has 5 aliphatic carbocycles. The second-order valence-corrected chi connectivity index (χ2v) is 22.8. The minimum Gasteiger partial charge on any atom is -0.481 e. The molecule has 1 heterocycles. The quantitative estimate of drug-likeness (QED) is 0.148. The van der Waals surface area contributed by atoms with Gasteiger partial charge in [-0.2, -0.15) is 0 Å². The van der Waals surface area contributed by atoms with Crippen LogP contribution in [-0.2, 0) is 23.9 Å². The molecule has 0 radical (unpaired) electrons. The molecule has 1 aliphatic heterocycles. The van der Waals surface area contributed by atoms with Crippen molar-refractivity contribution >= 4 is 29.3 Å². The Morgan fingerprint density at radius 1 is 0.932 bits per heavy atom. The van der Waals surface area contributed by atoms with E-state index in [-0.39, 0.29) is 64.1 Å². The zero-order chi connectivity index (χ0) is 43.2. The van der Waals surface area contributed by atoms with Crippen LogP contribution < -0.4 is 0 Å². The Morgan fingerprint density at radius 2 is 1.61 bits per heavy atom. The second kappa shape index (κ2) is 15.5. The van der Waals surface area contributed by atoms with Gasteiger partial charge in [0.05, 0.1) is 17.9 Å². The van der Waals surface area contributed by atoms with Crippen molar-refractivity contribution in [3.05, 3.63) is 46.0 Å². The second-order valence-electron chi connectivity index (χ2n) is 22.4. The van der Waals surface area contributed by atoms with Gasteiger partial charge in [0.1, 0.15) is 18.4 Å². The first-order valence-corrected chi connectivity index (χ1v) is 23.0. The summed E-state index contributed by atoms with van der Waals surface area (Å²) in [6.07, 6.45) is 6.73. The number of carbonyl (C=O) groups is 3. The number of Topliss-reactive ketones (excluding diaryl/α,β-unsaturated/α-hetero) is 1. The molecule has 0 amide bonds. The highest BCUT2D eigenvalue weighted by Gasteiger charge is 2.71. The van der Waals surface area contributed by atoms with Crippen LogP contribution in [0, 0.1) is 56.2 Å². The molecule has 9 nitrogen and oxygen atoms in total. The summed E-state index contributed by atoms with van der Waals surface area (Å²) in [6.45, 7) is 21.7. The molecule has 4 saturated carbocycles. The Balaban J connectivity index is 1.16. The maximum absolute atomic E-state index is 14.4. The number of allylic oxidation sites excluding steroid dienone is 1. The highest BCUT2D eigenvalue weighted by molar-refractivity contribution is 6.30. The fourth-order valence-electron chi connectivity index (χ4n) is 14.2. The fraction of sp³-hybridized carbons (Fsp3) is 0.776. The van der Waals surface area contributed by atoms with E-state index in [1.807, 2.05) is 24.3 Å². The summed E-state index contributed by atoms with van der Waals surface area (Å²) >= 11 is 6.22. The minimum absolute atomic E-state index is 0.0233. The van der Waals surface area contributed by atoms with E-state index in [0.29, 0.717) is 29.8 Å². The summed E-state index contributed by atoms with van der Waals surface area (Å²) in [4.78, 5) is 43.9. The molecule has 2 N–H and O–H groups in total. The number of rotatable bonds is 13. The summed E-state index contributed by atoms with van der Waals surface area (Å²) in [5.41, 5.74) is 1.34. The summed E-state index contributed by atoms with van der Waals surface area (Å²) < 4.78 is 12.5. The molecule has 0 bridgehead atoms. The largest absolute Gasteiger partial charge is 0.481 e. The summed E-state index contributed by atoms with van der Waals surface area (Å²) in [5.74, 6) is -0.0761. The fourth-order valence-corrected chi connectivity index (χ4v) is 14.4. The Hall–Kier alpha value is -2.30. The molecule has 59 heavy (non-hydrogen) atoms. The van der Waals surface area contributed by atoms with Crippen molar-refractivity contribution in [2.75, 3.05) is 33.7 Å². The van der Waals surface area contributed by atoms with Crippen LogP contribution in [0.5, 0.6) is 0 Å². The first kappa shape index (κ1) is 44.7. The van der Waals surface area contributed by atoms with Gasteiger partial charge in [-0.15, -0.1) is 0 Å². The number of nitrogens with zero attached hydrogens (tertiary/aromatic N) is 2. The number of aliphatic hydroxyl groups is 1. The molecule has 11 atom stereocenters. The monoisotopic (exact) mass is 837 g/mol. The Bertz CT molecular complexity index is 1840. The van der Waals surface area contributed by atoms with Gasteiger partial charge in [-0.25, -0.2) is 0 Å². The molecule has 5 fully saturated rings. The van der Waals surface area contributed by atoms with E-state index in [1.54, 1.807) is 13.8 Å². The lowest BCUT2D eigenvalue weighted by atomic mass is 9.33. The van der Waals surface area contributed by atoms with E-state index in [9.17, 15) is 24.6 Å². The highest BCUT2D eigenvalue weighted by Crippen LogP contribution is 2.77. The van der Waals surface area contributed by atoms with Gasteiger partial charge in [-0.1, -0.05) is 77.8 Å². The van der Waals surface area contributed by atoms with E-state index in [2.05, 4.69) is 72.4 Å². The van der Waals surface area contributed by atoms with Gasteiger partial charge in [-0.3, -0.25) is 19.3 Å². The summed E-state index contributed by atoms with van der Waals surface area (Å²) in [7, 11) is 4.14. The number of likely N-dealkylation sites (N-methyl/N-ethyl adjacent to an activating group) is 1. The minimum atomic E-state index is -1.17. The maximum atomic E-state index is 14.4. The van der Waals surface area contributed by atoms with E-state index in [4.69, 9.17) is 21.1 Å². The number of hydrogen-bond acceptors (Lipinski definition) is 8. The highest BCUT2D eigenvalue weighted by atomic mass is 35.5. The summed E-state index contributed by atoms with van der Waals surface area (Å²) in [6, 6.07) is 7.86. The number of esters is 1. The van der Waals surface area contributed by atoms with Gasteiger partial charge in [0.25, 0.3) is 0 Å². The van der Waals surface area contributed by atoms with Crippen LogP contribution in [0.15, 0.2) is 35.4 Å². The molecule has 1 saturated heterocycles. The van der Waals surface area contributed by atoms with Gasteiger partial charge < -0.3 is 24.6 Å². The van der Waals surface area contributed by atoms with Crippen molar-refractivity contribution in [1.29, 1.82) is 0 Å². The molecule has 328 valence electrons. The third-order valence-electron chi connectivity index (χ3n) is 17.8. The number of fused-ring (bicyclic) bond motifs is 7. The molecule has 6 aliphatic rings. The van der Waals surface area contributed by atoms with Crippen molar-refractivity contribution in [1.82, 2.24) is 9.80 Å². The van der Waals surface area contributed by atoms with Crippen molar-refractivity contribution in [3.63, 3.8) is 0 Å². The standard InChI is InChI=1S/C49H73ClN2O7/c1-29(2)39-33(53)26-49(36(54)28-52(25-24-51(10)11)42-41(59-42)30-12-14-31(50)15-13-30)23-22-47(8)32(40(39)49)16-17-35-46(7)20-19-37(58-38(55)27-44(3,4)43(56)57)45(5,6)34(46)18-21-48(35,47)9/h12-15,29,32,34-37,41-42,54H,16-28H2,1-11H3,(H,56,57)/t32-,34+,35-,36-,37+,41?,42?,46+,47-,48-,49+/m1/s1. The number of carboxylic acid groups (broad SMARTS) is 1. The lowest BCUT2D eigenvalue weighted by Crippen LogP contribution is -2.66. The Labute approximate surface area is 359 Å². The van der Waals surface area contributed by atoms with Crippen LogP contribution in [0.25, 0.3) is 0 Å². The maximum Gasteiger partial charge on any atom is 0.309 e. The van der Waals surface area contributed by atoms with Crippen LogP contribution in [0.4, 0.5) is 0 Å². The first-order valence-electron chi connectivity index (χ1n) is 22.6. The number of carboxylic acids is 1. The topological polar surface area (TPSA) is 120 Å². The number of hydrogen-bond donors (Lipinski definition) is 2. The van der Waals surface area contributed by atoms with Crippen molar-refractivity contribution < 1.29 is 34.1 Å². The molecule has 2 unspecified atom stereocenters. The third-order valence-corrected chi connectivity index (χ3v) is 18.0. The summed E-state index contributed by atoms with van der Waals surface area (Å²) in [5, 5.41) is 23.1. The average Bonchev–Trinajstić information content (AvgIpc) is 3.86. The van der Waals surface area contributed by atoms with E-state index < -0.39 is 28.9 Å². The third kappa shape index (κ3) is 7.36. The lowest BCUT2D eigenvalue weighted by molar-refractivity contribution is -0.235. The number of epoxide rings is 1. The van der Waals surface area contributed by atoms with Gasteiger partial charge in [-0.05, 0) is 142 Å². The Kier molecular flexibility index (Phi) is 11.8. The van der Waals surface area contributed by atoms with Gasteiger partial charge in [0.2, 0.25) is 0 Å². The number of aliphatic carboxylic acids is 1. The average molecular weight is 838 g/mol. The number of ether oxygens (including phenoxy) is 2. The predicted molar refractivity (Wildman–Crippen MR) is 231 cm³/mol. The zero-order valence-electron chi connectivity index (χ0n) is 37.8. The molecule has 0 aromatic heterocycles. The molecule has 1 aromatic rings. The van der Waals surface area contributed by atoms with Crippen LogP contribution in [0.2, 0.25) is 5.02 Å². The smallest absolute Gasteiger partial charge is 0.309 e. The van der Waals surface area contributed by atoms with Crippen LogP contribution in [0.3, 0.4) is 0 Å². The van der Waals surface area contributed by atoms with Crippen molar-refractivity contribution in [2.45, 2.75) is 151 Å². The van der Waals surface area contributed by atoms with Gasteiger partial charge in [0.15, 0.2) is 5.78 Å². The van der Waals surface area contributed by atoms with Crippen molar-refractivity contribution in [3.8, 4) is 0 Å². The van der Waals surface area contributed by atoms with E-state index in [0.717, 1.165) is 75.6 Å². The number of carbonyl (C=O) groups excluding carboxylic acids is 2. The molecule has 0 spiro atoms. The van der Waals surface area contributed by atoms with E-state index in [1.165, 1.54) is 5.57 Å². The van der Waals surface area contributed by atoms with Gasteiger partial charge in [0, 0.05) is 41.9 Å². The first-order chi connectivity index (χ1) is 27.4. The molecule has 1 aromatic carbocycles. The SMILES string of the molecule is CC(C)C1=C2[C@H]3CC[C@@H]4[C@@]5(C)CC[C@H](OC(=O)CC(C)(C)C(=O)O)C(C)(C)[C@@H]5CC[C@@]4(C)[C@]3(C)CC[C@@]2([C@H](O)CN(CCN(C)C)C2OC2c2ccc(Cl)cc2)CC1=O. The van der Waals surface area contributed by atoms with Crippen LogP contribution >= 0.6 is 11.6 Å². The Morgan fingerprint density at radius 3 is 2.24 bits per heavy atom. The molecule has 10 heteroatoms. The number of benzene rings is 1. The number of ketones is 1. The van der Waals surface area contributed by atoms with Crippen molar-refractivity contribution in [2.24, 2.45) is 56.2 Å².